The van der Waals surface area contributed by atoms with Gasteiger partial charge in [-0.3, -0.25) is 9.88 Å². The number of hydrogen-bond acceptors (Lipinski definition) is 6. The molecule has 2 atom stereocenters. The van der Waals surface area contributed by atoms with Gasteiger partial charge in [0, 0.05) is 24.4 Å². The van der Waals surface area contributed by atoms with Crippen LogP contribution in [0, 0.1) is 5.92 Å². The number of amides is 1. The first-order valence-corrected chi connectivity index (χ1v) is 14.1. The number of carbonyl (C=O) groups is 2. The first-order valence-electron chi connectivity index (χ1n) is 12.4. The number of benzene rings is 1. The van der Waals surface area contributed by atoms with E-state index in [4.69, 9.17) is 9.47 Å². The molecule has 2 heterocycles. The number of rotatable bonds is 16. The van der Waals surface area contributed by atoms with E-state index in [-0.39, 0.29) is 25.5 Å². The summed E-state index contributed by atoms with van der Waals surface area (Å²) in [6.45, 7) is 3.80. The van der Waals surface area contributed by atoms with E-state index in [1.807, 2.05) is 42.6 Å². The smallest absolute Gasteiger partial charge is 0.0410 e. The van der Waals surface area contributed by atoms with E-state index in [0.29, 0.717) is 57.8 Å². The number of pyridine rings is 1. The monoisotopic (exact) mass is 547 g/mol. The van der Waals surface area contributed by atoms with Crippen molar-refractivity contribution in [3.05, 3.63) is 60.4 Å². The number of nitrogens with zero attached hydrogens (tertiary/aromatic N) is 2. The second-order valence-corrected chi connectivity index (χ2v) is 11.2. The SMILES string of the molecule is CN1CCC(COCCOCCNC(=O)CCCCC(=O)[Se]c2ccccc2)C1c1cccnc1. The minimum Gasteiger partial charge on any atom is -0.264 e. The average Bonchev–Trinajstić information content (AvgIpc) is 3.24. The molecule has 0 spiro atoms. The van der Waals surface area contributed by atoms with E-state index in [2.05, 4.69) is 28.3 Å². The molecular weight excluding hydrogens is 509 g/mol. The number of aromatic nitrogens is 1. The van der Waals surface area contributed by atoms with Crippen molar-refractivity contribution < 1.29 is 19.1 Å². The van der Waals surface area contributed by atoms with Gasteiger partial charge in [-0.25, -0.2) is 0 Å². The summed E-state index contributed by atoms with van der Waals surface area (Å²) >= 11 is -0.126. The summed E-state index contributed by atoms with van der Waals surface area (Å²) in [7, 11) is 2.15. The Morgan fingerprint density at radius 2 is 1.86 bits per heavy atom. The van der Waals surface area contributed by atoms with Crippen LogP contribution in [-0.2, 0) is 19.1 Å². The van der Waals surface area contributed by atoms with Gasteiger partial charge in [0.15, 0.2) is 0 Å². The van der Waals surface area contributed by atoms with Crippen LogP contribution in [0.4, 0.5) is 0 Å². The normalized spacial score (nSPS) is 18.0. The van der Waals surface area contributed by atoms with Gasteiger partial charge in [-0.2, -0.15) is 0 Å². The molecule has 0 radical (unpaired) electrons. The predicted molar refractivity (Wildman–Crippen MR) is 138 cm³/mol. The van der Waals surface area contributed by atoms with Gasteiger partial charge in [0.1, 0.15) is 0 Å². The first kappa shape index (κ1) is 27.5. The third kappa shape index (κ3) is 10.2. The Balaban J connectivity index is 1.15. The maximum Gasteiger partial charge on any atom is 0.0410 e. The molecule has 7 nitrogen and oxygen atoms in total. The molecule has 1 aliphatic rings. The molecule has 0 aliphatic carbocycles. The van der Waals surface area contributed by atoms with Crippen LogP contribution in [0.25, 0.3) is 0 Å². The predicted octanol–water partition coefficient (Wildman–Crippen LogP) is 2.34. The molecule has 0 saturated carbocycles. The zero-order valence-corrected chi connectivity index (χ0v) is 22.3. The molecule has 190 valence electrons. The van der Waals surface area contributed by atoms with Crippen LogP contribution in [-0.4, -0.2) is 82.0 Å². The van der Waals surface area contributed by atoms with Crippen LogP contribution in [0.5, 0.6) is 0 Å². The van der Waals surface area contributed by atoms with Gasteiger partial charge in [0.25, 0.3) is 0 Å². The Labute approximate surface area is 215 Å². The zero-order chi connectivity index (χ0) is 24.7. The minimum atomic E-state index is -0.126. The fourth-order valence-corrected chi connectivity index (χ4v) is 5.99. The maximum atomic E-state index is 12.0. The summed E-state index contributed by atoms with van der Waals surface area (Å²) in [6.07, 6.45) is 7.35. The molecule has 2 unspecified atom stereocenters. The minimum absolute atomic E-state index is 0.0117. The number of nitrogens with one attached hydrogen (secondary N) is 1. The van der Waals surface area contributed by atoms with E-state index in [1.54, 1.807) is 6.20 Å². The van der Waals surface area contributed by atoms with Crippen LogP contribution in [0.3, 0.4) is 0 Å². The number of likely N-dealkylation sites (tertiary alicyclic amines) is 1. The second kappa shape index (κ2) is 15.8. The summed E-state index contributed by atoms with van der Waals surface area (Å²) in [5.74, 6) is 0.468. The summed E-state index contributed by atoms with van der Waals surface area (Å²) in [4.78, 5) is 30.6. The van der Waals surface area contributed by atoms with Gasteiger partial charge in [0.2, 0.25) is 0 Å². The van der Waals surface area contributed by atoms with E-state index < -0.39 is 0 Å². The van der Waals surface area contributed by atoms with Crippen molar-refractivity contribution in [3.8, 4) is 0 Å². The van der Waals surface area contributed by atoms with Crippen LogP contribution in [0.2, 0.25) is 0 Å². The molecule has 1 N–H and O–H groups in total. The molecule has 2 aromatic rings. The van der Waals surface area contributed by atoms with Crippen LogP contribution in [0.15, 0.2) is 54.9 Å². The molecule has 1 amide bonds. The van der Waals surface area contributed by atoms with Gasteiger partial charge in [-0.1, -0.05) is 6.07 Å². The van der Waals surface area contributed by atoms with Crippen LogP contribution in [0.1, 0.15) is 43.7 Å². The molecule has 35 heavy (non-hydrogen) atoms. The van der Waals surface area contributed by atoms with Crippen LogP contribution >= 0.6 is 0 Å². The summed E-state index contributed by atoms with van der Waals surface area (Å²) in [5, 5.41) is 2.88. The van der Waals surface area contributed by atoms with E-state index in [9.17, 15) is 9.59 Å². The van der Waals surface area contributed by atoms with Crippen molar-refractivity contribution in [2.24, 2.45) is 5.92 Å². The van der Waals surface area contributed by atoms with Crippen molar-refractivity contribution in [1.29, 1.82) is 0 Å². The Hall–Kier alpha value is -2.09. The molecule has 1 aliphatic heterocycles. The summed E-state index contributed by atoms with van der Waals surface area (Å²) in [5.41, 5.74) is 1.24. The largest absolute Gasteiger partial charge is 0.264 e. The number of unbranched alkanes of at least 4 members (excludes halogenated alkanes) is 1. The number of carbonyl (C=O) groups excluding carboxylic acids is 2. The van der Waals surface area contributed by atoms with Gasteiger partial charge < -0.3 is 4.74 Å². The van der Waals surface area contributed by atoms with E-state index >= 15 is 0 Å². The Bertz CT molecular complexity index is 885. The molecule has 1 aromatic heterocycles. The summed E-state index contributed by atoms with van der Waals surface area (Å²) in [6, 6.07) is 14.3. The Morgan fingerprint density at radius 1 is 1.06 bits per heavy atom. The zero-order valence-electron chi connectivity index (χ0n) is 20.6. The van der Waals surface area contributed by atoms with Gasteiger partial charge in [0.05, 0.1) is 6.61 Å². The van der Waals surface area contributed by atoms with Crippen molar-refractivity contribution in [2.75, 3.05) is 46.6 Å². The van der Waals surface area contributed by atoms with E-state index in [1.165, 1.54) is 5.56 Å². The van der Waals surface area contributed by atoms with Crippen molar-refractivity contribution in [1.82, 2.24) is 15.2 Å². The quantitative estimate of drug-likeness (QED) is 0.257. The van der Waals surface area contributed by atoms with Gasteiger partial charge >= 0.3 is 132 Å². The first-order chi connectivity index (χ1) is 17.1. The van der Waals surface area contributed by atoms with Gasteiger partial charge in [-0.05, 0) is 31.6 Å². The second-order valence-electron chi connectivity index (χ2n) is 8.79. The molecule has 1 saturated heterocycles. The van der Waals surface area contributed by atoms with Crippen molar-refractivity contribution in [3.63, 3.8) is 0 Å². The van der Waals surface area contributed by atoms with E-state index in [0.717, 1.165) is 30.3 Å². The molecule has 3 rings (SSSR count). The van der Waals surface area contributed by atoms with Crippen molar-refractivity contribution >= 4 is 30.0 Å². The summed E-state index contributed by atoms with van der Waals surface area (Å²) < 4.78 is 12.9. The fourth-order valence-electron chi connectivity index (χ4n) is 4.31. The standard InChI is InChI=1S/C27H37N3O4Se/c1-30-16-13-23(27(30)22-8-7-14-28-20-22)21-34-19-18-33-17-15-29-25(31)11-5-6-12-26(32)35-24-9-3-2-4-10-24/h2-4,7-10,14,20,23,27H,5-6,11-13,15-19,21H2,1H3,(H,29,31). The fraction of sp³-hybridized carbons (Fsp3) is 0.519. The van der Waals surface area contributed by atoms with Crippen molar-refractivity contribution in [2.45, 2.75) is 38.1 Å². The molecule has 1 aromatic carbocycles. The Kier molecular flexibility index (Phi) is 12.4. The van der Waals surface area contributed by atoms with Gasteiger partial charge in [-0.15, -0.1) is 0 Å². The van der Waals surface area contributed by atoms with Crippen LogP contribution < -0.4 is 9.78 Å². The molecule has 8 heteroatoms. The average molecular weight is 547 g/mol. The maximum absolute atomic E-state index is 12.0. The Morgan fingerprint density at radius 3 is 2.66 bits per heavy atom. The third-order valence-electron chi connectivity index (χ3n) is 6.08. The molecular formula is C27H37N3O4Se. The third-order valence-corrected chi connectivity index (χ3v) is 8.05. The topological polar surface area (TPSA) is 80.8 Å². The molecule has 1 fully saturated rings. The number of ether oxygens (including phenoxy) is 2. The molecule has 0 bridgehead atoms. The number of hydrogen-bond donors (Lipinski definition) is 1.